The molecule has 3 heteroatoms. The van der Waals surface area contributed by atoms with Gasteiger partial charge in [0.2, 0.25) is 0 Å². The Kier molecular flexibility index (Phi) is 4.30. The third-order valence-corrected chi connectivity index (χ3v) is 2.97. The van der Waals surface area contributed by atoms with Gasteiger partial charge in [-0.3, -0.25) is 0 Å². The molecular weight excluding hydrogens is 234 g/mol. The molecule has 1 aromatic carbocycles. The second kappa shape index (κ2) is 5.95. The number of halogens is 1. The van der Waals surface area contributed by atoms with Crippen LogP contribution < -0.4 is 10.1 Å². The first-order chi connectivity index (χ1) is 8.29. The van der Waals surface area contributed by atoms with Crippen molar-refractivity contribution in [3.63, 3.8) is 0 Å². The quantitative estimate of drug-likeness (QED) is 0.654. The minimum Gasteiger partial charge on any atom is -0.488 e. The molecular formula is C14H16ClNO. The normalized spacial score (nSPS) is 16.9. The zero-order valence-electron chi connectivity index (χ0n) is 9.92. The Hall–Kier alpha value is -1.17. The van der Waals surface area contributed by atoms with Crippen LogP contribution >= 0.6 is 11.6 Å². The number of benzene rings is 1. The maximum absolute atomic E-state index is 5.95. The largest absolute Gasteiger partial charge is 0.488 e. The Morgan fingerprint density at radius 2 is 2.41 bits per heavy atom. The van der Waals surface area contributed by atoms with Crippen molar-refractivity contribution in [3.05, 3.63) is 28.8 Å². The highest BCUT2D eigenvalue weighted by Gasteiger charge is 2.22. The van der Waals surface area contributed by atoms with Crippen LogP contribution in [0.3, 0.4) is 0 Å². The molecule has 0 bridgehead atoms. The van der Waals surface area contributed by atoms with Crippen LogP contribution in [-0.4, -0.2) is 19.2 Å². The van der Waals surface area contributed by atoms with Crippen molar-refractivity contribution in [1.82, 2.24) is 5.32 Å². The van der Waals surface area contributed by atoms with Crippen LogP contribution in [0.1, 0.15) is 18.9 Å². The van der Waals surface area contributed by atoms with Crippen LogP contribution in [0, 0.1) is 11.8 Å². The zero-order chi connectivity index (χ0) is 12.1. The van der Waals surface area contributed by atoms with Gasteiger partial charge in [-0.05, 0) is 30.7 Å². The molecule has 2 rings (SSSR count). The van der Waals surface area contributed by atoms with Gasteiger partial charge < -0.3 is 10.1 Å². The lowest BCUT2D eigenvalue weighted by Crippen LogP contribution is -2.30. The molecule has 0 saturated carbocycles. The van der Waals surface area contributed by atoms with E-state index in [0.29, 0.717) is 0 Å². The summed E-state index contributed by atoms with van der Waals surface area (Å²) in [5.74, 6) is 6.88. The number of rotatable bonds is 4. The van der Waals surface area contributed by atoms with Gasteiger partial charge in [0.1, 0.15) is 11.9 Å². The van der Waals surface area contributed by atoms with Gasteiger partial charge in [-0.25, -0.2) is 0 Å². The lowest BCUT2D eigenvalue weighted by Gasteiger charge is -2.10. The van der Waals surface area contributed by atoms with Crippen molar-refractivity contribution < 1.29 is 4.74 Å². The highest BCUT2D eigenvalue weighted by Crippen LogP contribution is 2.30. The molecule has 17 heavy (non-hydrogen) atoms. The molecule has 0 aliphatic carbocycles. The summed E-state index contributed by atoms with van der Waals surface area (Å²) in [4.78, 5) is 0. The second-order valence-electron chi connectivity index (χ2n) is 4.08. The van der Waals surface area contributed by atoms with E-state index in [9.17, 15) is 0 Å². The van der Waals surface area contributed by atoms with Crippen LogP contribution in [0.15, 0.2) is 18.2 Å². The summed E-state index contributed by atoms with van der Waals surface area (Å²) < 4.78 is 5.81. The second-order valence-corrected chi connectivity index (χ2v) is 4.51. The number of nitrogens with one attached hydrogen (secondary N) is 1. The van der Waals surface area contributed by atoms with Crippen molar-refractivity contribution in [2.75, 3.05) is 13.1 Å². The number of hydrogen-bond donors (Lipinski definition) is 1. The lowest BCUT2D eigenvalue weighted by atomic mass is 10.1. The molecule has 2 nitrogen and oxygen atoms in total. The average Bonchev–Trinajstić information content (AvgIpc) is 2.70. The topological polar surface area (TPSA) is 21.3 Å². The zero-order valence-corrected chi connectivity index (χ0v) is 10.7. The minimum absolute atomic E-state index is 0.220. The van der Waals surface area contributed by atoms with Gasteiger partial charge in [0.05, 0.1) is 0 Å². The summed E-state index contributed by atoms with van der Waals surface area (Å²) in [6, 6.07) is 5.80. The van der Waals surface area contributed by atoms with E-state index in [-0.39, 0.29) is 6.10 Å². The Balaban J connectivity index is 1.77. The van der Waals surface area contributed by atoms with Crippen molar-refractivity contribution >= 4 is 11.6 Å². The van der Waals surface area contributed by atoms with E-state index in [1.807, 2.05) is 25.1 Å². The standard InChI is InChI=1S/C14H16ClNO/c1-2-3-4-7-16-10-13-9-11-8-12(15)5-6-14(11)17-13/h5-6,8,13,16H,4,7,9-10H2,1H3. The molecule has 0 spiro atoms. The van der Waals surface area contributed by atoms with E-state index < -0.39 is 0 Å². The molecule has 1 aliphatic rings. The molecule has 0 aromatic heterocycles. The monoisotopic (exact) mass is 249 g/mol. The first kappa shape index (κ1) is 12.3. The van der Waals surface area contributed by atoms with E-state index in [1.54, 1.807) is 0 Å². The Morgan fingerprint density at radius 1 is 1.53 bits per heavy atom. The van der Waals surface area contributed by atoms with Crippen LogP contribution in [0.4, 0.5) is 0 Å². The van der Waals surface area contributed by atoms with Crippen molar-refractivity contribution in [1.29, 1.82) is 0 Å². The summed E-state index contributed by atoms with van der Waals surface area (Å²) in [5, 5.41) is 4.13. The molecule has 1 atom stereocenters. The van der Waals surface area contributed by atoms with Gasteiger partial charge in [0, 0.05) is 31.0 Å². The van der Waals surface area contributed by atoms with Crippen LogP contribution in [0.2, 0.25) is 5.02 Å². The molecule has 1 aliphatic heterocycles. The highest BCUT2D eigenvalue weighted by molar-refractivity contribution is 6.30. The maximum atomic E-state index is 5.95. The van der Waals surface area contributed by atoms with E-state index in [2.05, 4.69) is 17.2 Å². The Bertz CT molecular complexity index is 447. The summed E-state index contributed by atoms with van der Waals surface area (Å²) >= 11 is 5.95. The van der Waals surface area contributed by atoms with Crippen LogP contribution in [0.25, 0.3) is 0 Å². The molecule has 0 saturated heterocycles. The fourth-order valence-electron chi connectivity index (χ4n) is 1.94. The number of fused-ring (bicyclic) bond motifs is 1. The van der Waals surface area contributed by atoms with Gasteiger partial charge in [0.25, 0.3) is 0 Å². The minimum atomic E-state index is 0.220. The van der Waals surface area contributed by atoms with Crippen LogP contribution in [0.5, 0.6) is 5.75 Å². The van der Waals surface area contributed by atoms with E-state index in [4.69, 9.17) is 16.3 Å². The van der Waals surface area contributed by atoms with Crippen molar-refractivity contribution in [3.8, 4) is 17.6 Å². The van der Waals surface area contributed by atoms with Crippen LogP contribution in [-0.2, 0) is 6.42 Å². The summed E-state index contributed by atoms with van der Waals surface area (Å²) in [6.45, 7) is 3.63. The number of hydrogen-bond acceptors (Lipinski definition) is 2. The molecule has 0 amide bonds. The van der Waals surface area contributed by atoms with Crippen molar-refractivity contribution in [2.24, 2.45) is 0 Å². The molecule has 1 heterocycles. The van der Waals surface area contributed by atoms with Gasteiger partial charge in [0.15, 0.2) is 0 Å². The first-order valence-electron chi connectivity index (χ1n) is 5.85. The van der Waals surface area contributed by atoms with E-state index in [0.717, 1.165) is 36.7 Å². The third-order valence-electron chi connectivity index (χ3n) is 2.74. The third kappa shape index (κ3) is 3.39. The molecule has 1 unspecified atom stereocenters. The van der Waals surface area contributed by atoms with Gasteiger partial charge in [-0.2, -0.15) is 0 Å². The Labute approximate surface area is 107 Å². The predicted octanol–water partition coefficient (Wildman–Crippen LogP) is 2.65. The summed E-state index contributed by atoms with van der Waals surface area (Å²) in [5.41, 5.74) is 1.21. The van der Waals surface area contributed by atoms with Gasteiger partial charge in [-0.1, -0.05) is 11.6 Å². The fraction of sp³-hybridized carbons (Fsp3) is 0.429. The summed E-state index contributed by atoms with van der Waals surface area (Å²) in [6.07, 6.45) is 2.04. The van der Waals surface area contributed by atoms with Gasteiger partial charge >= 0.3 is 0 Å². The molecule has 0 fully saturated rings. The highest BCUT2D eigenvalue weighted by atomic mass is 35.5. The molecule has 1 aromatic rings. The first-order valence-corrected chi connectivity index (χ1v) is 6.23. The average molecular weight is 250 g/mol. The molecule has 90 valence electrons. The number of ether oxygens (including phenoxy) is 1. The smallest absolute Gasteiger partial charge is 0.123 e. The fourth-order valence-corrected chi connectivity index (χ4v) is 2.14. The molecule has 0 radical (unpaired) electrons. The SMILES string of the molecule is CC#CCCNCC1Cc2cc(Cl)ccc2O1. The van der Waals surface area contributed by atoms with Gasteiger partial charge in [-0.15, -0.1) is 11.8 Å². The predicted molar refractivity (Wildman–Crippen MR) is 70.5 cm³/mol. The Morgan fingerprint density at radius 3 is 3.24 bits per heavy atom. The molecule has 1 N–H and O–H groups in total. The summed E-state index contributed by atoms with van der Waals surface area (Å²) in [7, 11) is 0. The van der Waals surface area contributed by atoms with E-state index in [1.165, 1.54) is 5.56 Å². The maximum Gasteiger partial charge on any atom is 0.123 e. The van der Waals surface area contributed by atoms with Crippen molar-refractivity contribution in [2.45, 2.75) is 25.9 Å². The van der Waals surface area contributed by atoms with E-state index >= 15 is 0 Å². The lowest BCUT2D eigenvalue weighted by molar-refractivity contribution is 0.228.